The van der Waals surface area contributed by atoms with Crippen LogP contribution in [-0.4, -0.2) is 15.5 Å². The Kier molecular flexibility index (Phi) is 5.29. The van der Waals surface area contributed by atoms with Crippen molar-refractivity contribution in [1.29, 1.82) is 0 Å². The standard InChI is InChI=1S/C21H24BrN3O2/c1-11(2)18-10-25(5)19-15(18)7-14(22)8-16(19)20(26)23-9-17-12(3)6-13(4)24-21(17)27/h6-8,10-11H,9H2,1-5H3,(H,23,26)(H,24,27). The maximum Gasteiger partial charge on any atom is 0.253 e. The van der Waals surface area contributed by atoms with Gasteiger partial charge in [-0.3, -0.25) is 9.59 Å². The molecule has 0 bridgehead atoms. The first-order valence-electron chi connectivity index (χ1n) is 8.95. The van der Waals surface area contributed by atoms with Crippen LogP contribution in [0.5, 0.6) is 0 Å². The Bertz CT molecular complexity index is 1090. The number of halogens is 1. The summed E-state index contributed by atoms with van der Waals surface area (Å²) in [7, 11) is 1.95. The first-order valence-corrected chi connectivity index (χ1v) is 9.74. The molecule has 0 aliphatic carbocycles. The molecule has 3 rings (SSSR count). The predicted molar refractivity (Wildman–Crippen MR) is 112 cm³/mol. The number of nitrogens with one attached hydrogen (secondary N) is 2. The van der Waals surface area contributed by atoms with Gasteiger partial charge in [0.05, 0.1) is 11.1 Å². The van der Waals surface area contributed by atoms with Crippen molar-refractivity contribution in [2.45, 2.75) is 40.2 Å². The fourth-order valence-corrected chi connectivity index (χ4v) is 4.00. The molecule has 0 fully saturated rings. The Morgan fingerprint density at radius 3 is 2.59 bits per heavy atom. The van der Waals surface area contributed by atoms with Gasteiger partial charge in [0, 0.05) is 40.9 Å². The minimum absolute atomic E-state index is 0.159. The number of aromatic nitrogens is 2. The maximum atomic E-state index is 12.9. The van der Waals surface area contributed by atoms with Crippen molar-refractivity contribution in [1.82, 2.24) is 14.9 Å². The Labute approximate surface area is 166 Å². The van der Waals surface area contributed by atoms with Crippen LogP contribution in [0.2, 0.25) is 0 Å². The van der Waals surface area contributed by atoms with E-state index in [0.29, 0.717) is 17.0 Å². The number of benzene rings is 1. The van der Waals surface area contributed by atoms with Crippen LogP contribution in [0.3, 0.4) is 0 Å². The lowest BCUT2D eigenvalue weighted by atomic mass is 10.0. The first kappa shape index (κ1) is 19.4. The van der Waals surface area contributed by atoms with E-state index < -0.39 is 0 Å². The highest BCUT2D eigenvalue weighted by molar-refractivity contribution is 9.10. The molecule has 1 aromatic carbocycles. The second kappa shape index (κ2) is 7.35. The van der Waals surface area contributed by atoms with Gasteiger partial charge in [-0.15, -0.1) is 0 Å². The summed E-state index contributed by atoms with van der Waals surface area (Å²) in [5.41, 5.74) is 4.80. The largest absolute Gasteiger partial charge is 0.350 e. The summed E-state index contributed by atoms with van der Waals surface area (Å²) in [6.45, 7) is 8.20. The molecule has 0 aliphatic heterocycles. The highest BCUT2D eigenvalue weighted by Crippen LogP contribution is 2.32. The number of H-pyrrole nitrogens is 1. The van der Waals surface area contributed by atoms with Crippen molar-refractivity contribution in [3.05, 3.63) is 67.2 Å². The third-order valence-electron chi connectivity index (χ3n) is 4.86. The van der Waals surface area contributed by atoms with Crippen LogP contribution in [0.4, 0.5) is 0 Å². The molecule has 0 saturated heterocycles. The van der Waals surface area contributed by atoms with Crippen molar-refractivity contribution >= 4 is 32.7 Å². The molecule has 0 saturated carbocycles. The third kappa shape index (κ3) is 3.72. The van der Waals surface area contributed by atoms with Gasteiger partial charge in [-0.2, -0.15) is 0 Å². The van der Waals surface area contributed by atoms with Gasteiger partial charge < -0.3 is 14.9 Å². The summed E-state index contributed by atoms with van der Waals surface area (Å²) in [6, 6.07) is 5.79. The lowest BCUT2D eigenvalue weighted by Gasteiger charge is -2.11. The van der Waals surface area contributed by atoms with E-state index in [-0.39, 0.29) is 18.0 Å². The lowest BCUT2D eigenvalue weighted by molar-refractivity contribution is 0.0952. The number of fused-ring (bicyclic) bond motifs is 1. The van der Waals surface area contributed by atoms with Gasteiger partial charge in [0.1, 0.15) is 0 Å². The number of rotatable bonds is 4. The van der Waals surface area contributed by atoms with Gasteiger partial charge in [0.15, 0.2) is 0 Å². The van der Waals surface area contributed by atoms with Crippen molar-refractivity contribution in [3.8, 4) is 0 Å². The maximum absolute atomic E-state index is 12.9. The van der Waals surface area contributed by atoms with Crippen LogP contribution in [0, 0.1) is 13.8 Å². The minimum Gasteiger partial charge on any atom is -0.350 e. The average Bonchev–Trinajstić information content (AvgIpc) is 2.89. The number of carbonyl (C=O) groups excluding carboxylic acids is 1. The summed E-state index contributed by atoms with van der Waals surface area (Å²) in [5.74, 6) is 0.157. The average molecular weight is 430 g/mol. The number of carbonyl (C=O) groups is 1. The zero-order chi connectivity index (χ0) is 19.9. The predicted octanol–water partition coefficient (Wildman–Crippen LogP) is 4.30. The Morgan fingerprint density at radius 2 is 1.96 bits per heavy atom. The van der Waals surface area contributed by atoms with Crippen molar-refractivity contribution in [2.24, 2.45) is 7.05 Å². The molecule has 0 atom stereocenters. The highest BCUT2D eigenvalue weighted by atomic mass is 79.9. The number of pyridine rings is 1. The fraction of sp³-hybridized carbons (Fsp3) is 0.333. The normalized spacial score (nSPS) is 11.4. The van der Waals surface area contributed by atoms with E-state index in [2.05, 4.69) is 52.3 Å². The van der Waals surface area contributed by atoms with Crippen LogP contribution in [0.15, 0.2) is 33.7 Å². The minimum atomic E-state index is -0.197. The van der Waals surface area contributed by atoms with Gasteiger partial charge >= 0.3 is 0 Å². The summed E-state index contributed by atoms with van der Waals surface area (Å²) >= 11 is 3.53. The summed E-state index contributed by atoms with van der Waals surface area (Å²) in [5, 5.41) is 3.97. The van der Waals surface area contributed by atoms with Crippen molar-refractivity contribution < 1.29 is 4.79 Å². The van der Waals surface area contributed by atoms with Gasteiger partial charge in [-0.05, 0) is 49.1 Å². The Balaban J connectivity index is 1.98. The molecule has 0 spiro atoms. The SMILES string of the molecule is Cc1cc(C)c(CNC(=O)c2cc(Br)cc3c(C(C)C)cn(C)c23)c(=O)[nH]1. The van der Waals surface area contributed by atoms with Crippen molar-refractivity contribution in [3.63, 3.8) is 0 Å². The molecule has 2 heterocycles. The number of aryl methyl sites for hydroxylation is 3. The molecular weight excluding hydrogens is 406 g/mol. The van der Waals surface area contributed by atoms with E-state index in [9.17, 15) is 9.59 Å². The van der Waals surface area contributed by atoms with E-state index >= 15 is 0 Å². The number of nitrogens with zero attached hydrogens (tertiary/aromatic N) is 1. The van der Waals surface area contributed by atoms with Crippen LogP contribution in [0.1, 0.15) is 52.5 Å². The Morgan fingerprint density at radius 1 is 1.26 bits per heavy atom. The second-order valence-corrected chi connectivity index (χ2v) is 8.24. The van der Waals surface area contributed by atoms with Crippen molar-refractivity contribution in [2.75, 3.05) is 0 Å². The molecule has 0 unspecified atom stereocenters. The molecular formula is C21H24BrN3O2. The molecule has 2 N–H and O–H groups in total. The van der Waals surface area contributed by atoms with E-state index in [1.807, 2.05) is 37.6 Å². The molecule has 6 heteroatoms. The van der Waals surface area contributed by atoms with E-state index in [1.54, 1.807) is 0 Å². The molecule has 2 aromatic heterocycles. The van der Waals surface area contributed by atoms with Gasteiger partial charge in [-0.25, -0.2) is 0 Å². The summed E-state index contributed by atoms with van der Waals surface area (Å²) in [6.07, 6.45) is 2.08. The first-order chi connectivity index (χ1) is 12.7. The van der Waals surface area contributed by atoms with E-state index in [4.69, 9.17) is 0 Å². The van der Waals surface area contributed by atoms with Crippen LogP contribution < -0.4 is 10.9 Å². The molecule has 142 valence electrons. The number of hydrogen-bond donors (Lipinski definition) is 2. The number of amides is 1. The van der Waals surface area contributed by atoms with Crippen LogP contribution in [0.25, 0.3) is 10.9 Å². The van der Waals surface area contributed by atoms with E-state index in [1.165, 1.54) is 5.56 Å². The molecule has 1 amide bonds. The molecule has 5 nitrogen and oxygen atoms in total. The second-order valence-electron chi connectivity index (χ2n) is 7.33. The van der Waals surface area contributed by atoms with Crippen LogP contribution in [-0.2, 0) is 13.6 Å². The monoisotopic (exact) mass is 429 g/mol. The van der Waals surface area contributed by atoms with Gasteiger partial charge in [0.25, 0.3) is 11.5 Å². The zero-order valence-electron chi connectivity index (χ0n) is 16.2. The lowest BCUT2D eigenvalue weighted by Crippen LogP contribution is -2.28. The molecule has 0 radical (unpaired) electrons. The topological polar surface area (TPSA) is 66.9 Å². The number of aromatic amines is 1. The number of hydrogen-bond acceptors (Lipinski definition) is 2. The summed E-state index contributed by atoms with van der Waals surface area (Å²) < 4.78 is 2.85. The third-order valence-corrected chi connectivity index (χ3v) is 5.32. The molecule has 27 heavy (non-hydrogen) atoms. The molecule has 3 aromatic rings. The van der Waals surface area contributed by atoms with E-state index in [0.717, 1.165) is 26.6 Å². The highest BCUT2D eigenvalue weighted by Gasteiger charge is 2.19. The van der Waals surface area contributed by atoms with Gasteiger partial charge in [0.2, 0.25) is 0 Å². The summed E-state index contributed by atoms with van der Waals surface area (Å²) in [4.78, 5) is 27.9. The van der Waals surface area contributed by atoms with Crippen LogP contribution >= 0.6 is 15.9 Å². The zero-order valence-corrected chi connectivity index (χ0v) is 17.8. The fourth-order valence-electron chi connectivity index (χ4n) is 3.54. The Hall–Kier alpha value is -2.34. The molecule has 0 aliphatic rings. The smallest absolute Gasteiger partial charge is 0.253 e. The quantitative estimate of drug-likeness (QED) is 0.648. The van der Waals surface area contributed by atoms with Gasteiger partial charge in [-0.1, -0.05) is 29.8 Å².